The summed E-state index contributed by atoms with van der Waals surface area (Å²) < 4.78 is 10.7. The van der Waals surface area contributed by atoms with Crippen molar-refractivity contribution in [1.82, 2.24) is 0 Å². The lowest BCUT2D eigenvalue weighted by atomic mass is 9.90. The molecule has 0 saturated carbocycles. The summed E-state index contributed by atoms with van der Waals surface area (Å²) in [5.41, 5.74) is 1.33. The van der Waals surface area contributed by atoms with E-state index in [9.17, 15) is 0 Å². The summed E-state index contributed by atoms with van der Waals surface area (Å²) in [4.78, 5) is 0. The first-order chi connectivity index (χ1) is 7.63. The SMILES string of the molecule is COc1ccc(CCC2(C)CCO2)cc1Cl. The van der Waals surface area contributed by atoms with E-state index < -0.39 is 0 Å². The molecule has 1 saturated heterocycles. The molecule has 0 spiro atoms. The van der Waals surface area contributed by atoms with Crippen molar-refractivity contribution in [3.8, 4) is 5.75 Å². The summed E-state index contributed by atoms with van der Waals surface area (Å²) in [7, 11) is 1.63. The highest BCUT2D eigenvalue weighted by Crippen LogP contribution is 2.32. The van der Waals surface area contributed by atoms with E-state index in [0.29, 0.717) is 5.02 Å². The molecule has 0 radical (unpaired) electrons. The molecule has 0 bridgehead atoms. The Hall–Kier alpha value is -0.730. The molecule has 0 aromatic heterocycles. The van der Waals surface area contributed by atoms with Gasteiger partial charge in [-0.1, -0.05) is 17.7 Å². The molecule has 2 rings (SSSR count). The van der Waals surface area contributed by atoms with Gasteiger partial charge >= 0.3 is 0 Å². The fourth-order valence-corrected chi connectivity index (χ4v) is 2.20. The molecule has 0 aliphatic carbocycles. The molecule has 1 aromatic rings. The average Bonchev–Trinajstić information content (AvgIpc) is 2.24. The van der Waals surface area contributed by atoms with Crippen molar-refractivity contribution >= 4 is 11.6 Å². The van der Waals surface area contributed by atoms with Crippen LogP contribution in [0, 0.1) is 0 Å². The lowest BCUT2D eigenvalue weighted by Crippen LogP contribution is -2.40. The number of benzene rings is 1. The molecule has 88 valence electrons. The highest BCUT2D eigenvalue weighted by Gasteiger charge is 2.32. The third-order valence-corrected chi connectivity index (χ3v) is 3.54. The molecule has 1 aliphatic rings. The zero-order valence-corrected chi connectivity index (χ0v) is 10.5. The average molecular weight is 241 g/mol. The molecule has 2 nitrogen and oxygen atoms in total. The second-order valence-corrected chi connectivity index (χ2v) is 4.92. The van der Waals surface area contributed by atoms with Gasteiger partial charge in [0.2, 0.25) is 0 Å². The fraction of sp³-hybridized carbons (Fsp3) is 0.538. The molecule has 3 heteroatoms. The van der Waals surface area contributed by atoms with Crippen LogP contribution in [0.3, 0.4) is 0 Å². The number of aryl methyl sites for hydroxylation is 1. The van der Waals surface area contributed by atoms with Crippen LogP contribution in [0.25, 0.3) is 0 Å². The van der Waals surface area contributed by atoms with E-state index in [1.54, 1.807) is 7.11 Å². The maximum atomic E-state index is 6.07. The summed E-state index contributed by atoms with van der Waals surface area (Å²) in [5, 5.41) is 0.680. The Balaban J connectivity index is 1.97. The lowest BCUT2D eigenvalue weighted by Gasteiger charge is -2.38. The number of hydrogen-bond acceptors (Lipinski definition) is 2. The normalized spacial score (nSPS) is 23.9. The Bertz CT molecular complexity index is 372. The van der Waals surface area contributed by atoms with Crippen molar-refractivity contribution in [3.63, 3.8) is 0 Å². The van der Waals surface area contributed by atoms with Crippen LogP contribution in [0.4, 0.5) is 0 Å². The van der Waals surface area contributed by atoms with Crippen LogP contribution in [0.5, 0.6) is 5.75 Å². The minimum Gasteiger partial charge on any atom is -0.495 e. The van der Waals surface area contributed by atoms with Gasteiger partial charge in [0.15, 0.2) is 0 Å². The van der Waals surface area contributed by atoms with E-state index in [2.05, 4.69) is 13.0 Å². The van der Waals surface area contributed by atoms with Crippen LogP contribution < -0.4 is 4.74 Å². The van der Waals surface area contributed by atoms with Gasteiger partial charge in [-0.3, -0.25) is 0 Å². The van der Waals surface area contributed by atoms with E-state index in [1.807, 2.05) is 12.1 Å². The first-order valence-corrected chi connectivity index (χ1v) is 5.97. The van der Waals surface area contributed by atoms with Gasteiger partial charge in [0.25, 0.3) is 0 Å². The largest absolute Gasteiger partial charge is 0.495 e. The van der Waals surface area contributed by atoms with Crippen LogP contribution in [-0.4, -0.2) is 19.3 Å². The number of methoxy groups -OCH3 is 1. The van der Waals surface area contributed by atoms with Crippen LogP contribution in [0.2, 0.25) is 5.02 Å². The highest BCUT2D eigenvalue weighted by atomic mass is 35.5. The Morgan fingerprint density at radius 1 is 1.50 bits per heavy atom. The summed E-state index contributed by atoms with van der Waals surface area (Å²) in [5.74, 6) is 0.733. The van der Waals surface area contributed by atoms with E-state index >= 15 is 0 Å². The smallest absolute Gasteiger partial charge is 0.137 e. The second-order valence-electron chi connectivity index (χ2n) is 4.52. The van der Waals surface area contributed by atoms with Gasteiger partial charge in [-0.05, 0) is 43.9 Å². The Morgan fingerprint density at radius 2 is 2.25 bits per heavy atom. The van der Waals surface area contributed by atoms with E-state index in [4.69, 9.17) is 21.1 Å². The number of hydrogen-bond donors (Lipinski definition) is 0. The predicted molar refractivity (Wildman–Crippen MR) is 65.3 cm³/mol. The summed E-state index contributed by atoms with van der Waals surface area (Å²) in [6.45, 7) is 3.07. The maximum absolute atomic E-state index is 6.07. The van der Waals surface area contributed by atoms with Crippen molar-refractivity contribution in [2.75, 3.05) is 13.7 Å². The fourth-order valence-electron chi connectivity index (χ4n) is 1.92. The quantitative estimate of drug-likeness (QED) is 0.803. The van der Waals surface area contributed by atoms with E-state index in [-0.39, 0.29) is 5.60 Å². The van der Waals surface area contributed by atoms with Gasteiger partial charge in [-0.25, -0.2) is 0 Å². The van der Waals surface area contributed by atoms with E-state index in [0.717, 1.165) is 31.6 Å². The third kappa shape index (κ3) is 2.50. The number of rotatable bonds is 4. The van der Waals surface area contributed by atoms with Crippen LogP contribution >= 0.6 is 11.6 Å². The van der Waals surface area contributed by atoms with Crippen molar-refractivity contribution in [2.45, 2.75) is 31.8 Å². The van der Waals surface area contributed by atoms with Crippen LogP contribution in [-0.2, 0) is 11.2 Å². The van der Waals surface area contributed by atoms with Gasteiger partial charge in [0, 0.05) is 0 Å². The highest BCUT2D eigenvalue weighted by molar-refractivity contribution is 6.32. The molecule has 0 amide bonds. The Kier molecular flexibility index (Phi) is 3.41. The summed E-state index contributed by atoms with van der Waals surface area (Å²) in [6, 6.07) is 5.96. The summed E-state index contributed by atoms with van der Waals surface area (Å²) in [6.07, 6.45) is 3.22. The van der Waals surface area contributed by atoms with E-state index in [1.165, 1.54) is 5.56 Å². The minimum absolute atomic E-state index is 0.0897. The number of ether oxygens (including phenoxy) is 2. The molecule has 1 fully saturated rings. The Morgan fingerprint density at radius 3 is 2.75 bits per heavy atom. The molecule has 0 N–H and O–H groups in total. The van der Waals surface area contributed by atoms with Crippen molar-refractivity contribution in [3.05, 3.63) is 28.8 Å². The maximum Gasteiger partial charge on any atom is 0.137 e. The van der Waals surface area contributed by atoms with Gasteiger partial charge in [0.1, 0.15) is 5.75 Å². The first-order valence-electron chi connectivity index (χ1n) is 5.59. The number of halogens is 1. The van der Waals surface area contributed by atoms with Gasteiger partial charge in [0.05, 0.1) is 24.3 Å². The van der Waals surface area contributed by atoms with Gasteiger partial charge < -0.3 is 9.47 Å². The van der Waals surface area contributed by atoms with Crippen molar-refractivity contribution < 1.29 is 9.47 Å². The van der Waals surface area contributed by atoms with Gasteiger partial charge in [-0.15, -0.1) is 0 Å². The Labute approximate surface area is 102 Å². The second kappa shape index (κ2) is 4.64. The molecule has 1 heterocycles. The van der Waals surface area contributed by atoms with Crippen LogP contribution in [0.15, 0.2) is 18.2 Å². The standard InChI is InChI=1S/C13H17ClO2/c1-13(7-8-16-13)6-5-10-3-4-12(15-2)11(14)9-10/h3-4,9H,5-8H2,1-2H3. The molecule has 16 heavy (non-hydrogen) atoms. The molecular weight excluding hydrogens is 224 g/mol. The summed E-state index contributed by atoms with van der Waals surface area (Å²) >= 11 is 6.07. The predicted octanol–water partition coefficient (Wildman–Crippen LogP) is 3.46. The monoisotopic (exact) mass is 240 g/mol. The van der Waals surface area contributed by atoms with Gasteiger partial charge in [-0.2, -0.15) is 0 Å². The molecule has 1 atom stereocenters. The molecule has 1 aromatic carbocycles. The minimum atomic E-state index is 0.0897. The third-order valence-electron chi connectivity index (χ3n) is 3.24. The molecular formula is C13H17ClO2. The zero-order chi connectivity index (χ0) is 11.6. The van der Waals surface area contributed by atoms with Crippen molar-refractivity contribution in [1.29, 1.82) is 0 Å². The topological polar surface area (TPSA) is 18.5 Å². The zero-order valence-electron chi connectivity index (χ0n) is 9.75. The van der Waals surface area contributed by atoms with Crippen LogP contribution in [0.1, 0.15) is 25.3 Å². The van der Waals surface area contributed by atoms with Crippen molar-refractivity contribution in [2.24, 2.45) is 0 Å². The molecule has 1 unspecified atom stereocenters. The molecule has 1 aliphatic heterocycles. The lowest BCUT2D eigenvalue weighted by molar-refractivity contribution is -0.137. The first kappa shape index (κ1) is 11.7.